The normalized spacial score (nSPS) is 22.7. The molecule has 2 fully saturated rings. The summed E-state index contributed by atoms with van der Waals surface area (Å²) in [5, 5.41) is 7.68. The van der Waals surface area contributed by atoms with Gasteiger partial charge in [-0.15, -0.1) is 5.10 Å². The van der Waals surface area contributed by atoms with Gasteiger partial charge in [0.05, 0.1) is 13.2 Å². The number of piperidine rings is 1. The third-order valence-corrected chi connectivity index (χ3v) is 5.62. The number of ether oxygens (including phenoxy) is 1. The summed E-state index contributed by atoms with van der Waals surface area (Å²) >= 11 is 6.01. The molecule has 1 aromatic heterocycles. The van der Waals surface area contributed by atoms with Gasteiger partial charge in [-0.25, -0.2) is 5.10 Å². The molecule has 0 spiro atoms. The Morgan fingerprint density at radius 3 is 2.65 bits per heavy atom. The molecule has 1 aromatic carbocycles. The maximum Gasteiger partial charge on any atom is 0.246 e. The number of anilines is 2. The smallest absolute Gasteiger partial charge is 0.246 e. The van der Waals surface area contributed by atoms with Gasteiger partial charge in [0, 0.05) is 36.7 Å². The van der Waals surface area contributed by atoms with Crippen LogP contribution in [0.15, 0.2) is 24.3 Å². The van der Waals surface area contributed by atoms with Crippen LogP contribution in [0.5, 0.6) is 0 Å². The predicted octanol–water partition coefficient (Wildman–Crippen LogP) is 1.95. The molecule has 0 aliphatic carbocycles. The second kappa shape index (κ2) is 7.82. The lowest BCUT2D eigenvalue weighted by Gasteiger charge is -2.44. The number of aromatic amines is 1. The SMILES string of the molecule is Nc1nc(N2CCC(N3CCOC[C@@H]3Cc3ccc(Cl)cc3)CC2)n[nH]1. The average molecular weight is 377 g/mol. The van der Waals surface area contributed by atoms with E-state index in [4.69, 9.17) is 22.1 Å². The number of hydrogen-bond acceptors (Lipinski definition) is 6. The lowest BCUT2D eigenvalue weighted by molar-refractivity contribution is -0.0331. The number of nitrogen functional groups attached to an aromatic ring is 1. The Hall–Kier alpha value is -1.83. The van der Waals surface area contributed by atoms with Crippen LogP contribution in [0.2, 0.25) is 5.02 Å². The van der Waals surface area contributed by atoms with E-state index < -0.39 is 0 Å². The van der Waals surface area contributed by atoms with Gasteiger partial charge in [-0.2, -0.15) is 4.98 Å². The molecule has 140 valence electrons. The van der Waals surface area contributed by atoms with Crippen molar-refractivity contribution in [3.8, 4) is 0 Å². The quantitative estimate of drug-likeness (QED) is 0.848. The Morgan fingerprint density at radius 2 is 1.96 bits per heavy atom. The van der Waals surface area contributed by atoms with E-state index in [9.17, 15) is 0 Å². The second-order valence-electron chi connectivity index (χ2n) is 7.04. The van der Waals surface area contributed by atoms with Crippen molar-refractivity contribution in [3.63, 3.8) is 0 Å². The summed E-state index contributed by atoms with van der Waals surface area (Å²) in [6.45, 7) is 4.51. The summed E-state index contributed by atoms with van der Waals surface area (Å²) in [5.41, 5.74) is 6.95. The van der Waals surface area contributed by atoms with E-state index in [2.05, 4.69) is 37.1 Å². The highest BCUT2D eigenvalue weighted by atomic mass is 35.5. The maximum absolute atomic E-state index is 6.01. The summed E-state index contributed by atoms with van der Waals surface area (Å²) in [4.78, 5) is 9.09. The van der Waals surface area contributed by atoms with Crippen molar-refractivity contribution < 1.29 is 4.74 Å². The highest BCUT2D eigenvalue weighted by Gasteiger charge is 2.32. The number of aromatic nitrogens is 3. The standard InChI is InChI=1S/C18H25ClN6O/c19-14-3-1-13(2-4-14)11-16-12-26-10-9-25(16)15-5-7-24(8-6-15)18-21-17(20)22-23-18/h1-4,15-16H,5-12H2,(H3,20,21,22,23)/t16-/m0/s1. The van der Waals surface area contributed by atoms with Crippen molar-refractivity contribution in [1.82, 2.24) is 20.1 Å². The first kappa shape index (κ1) is 17.6. The molecule has 4 rings (SSSR count). The molecule has 2 aliphatic heterocycles. The Balaban J connectivity index is 1.38. The number of morpholine rings is 1. The van der Waals surface area contributed by atoms with Gasteiger partial charge in [0.15, 0.2) is 0 Å². The first-order chi connectivity index (χ1) is 12.7. The van der Waals surface area contributed by atoms with E-state index in [0.29, 0.717) is 24.0 Å². The van der Waals surface area contributed by atoms with Gasteiger partial charge in [0.2, 0.25) is 11.9 Å². The molecule has 7 nitrogen and oxygen atoms in total. The number of nitrogens with two attached hydrogens (primary N) is 1. The van der Waals surface area contributed by atoms with Crippen LogP contribution in [-0.4, -0.2) is 65.0 Å². The molecule has 0 bridgehead atoms. The van der Waals surface area contributed by atoms with Gasteiger partial charge in [0.25, 0.3) is 0 Å². The number of H-pyrrole nitrogens is 1. The highest BCUT2D eigenvalue weighted by molar-refractivity contribution is 6.30. The summed E-state index contributed by atoms with van der Waals surface area (Å²) in [7, 11) is 0. The summed E-state index contributed by atoms with van der Waals surface area (Å²) in [5.74, 6) is 1.08. The van der Waals surface area contributed by atoms with E-state index >= 15 is 0 Å². The Labute approximate surface area is 158 Å². The number of nitrogens with one attached hydrogen (secondary N) is 1. The van der Waals surface area contributed by atoms with Gasteiger partial charge in [-0.1, -0.05) is 23.7 Å². The van der Waals surface area contributed by atoms with Crippen molar-refractivity contribution in [2.45, 2.75) is 31.3 Å². The molecule has 0 amide bonds. The number of hydrogen-bond donors (Lipinski definition) is 2. The molecule has 0 radical (unpaired) electrons. The number of nitrogens with zero attached hydrogens (tertiary/aromatic N) is 4. The Bertz CT molecular complexity index is 713. The molecule has 1 atom stereocenters. The molecule has 26 heavy (non-hydrogen) atoms. The lowest BCUT2D eigenvalue weighted by atomic mass is 9.97. The van der Waals surface area contributed by atoms with Gasteiger partial charge in [-0.05, 0) is 37.0 Å². The zero-order chi connectivity index (χ0) is 17.9. The summed E-state index contributed by atoms with van der Waals surface area (Å²) in [6, 6.07) is 9.15. The third kappa shape index (κ3) is 3.95. The first-order valence-corrected chi connectivity index (χ1v) is 9.57. The molecule has 3 N–H and O–H groups in total. The fourth-order valence-corrected chi connectivity index (χ4v) is 4.15. The Morgan fingerprint density at radius 1 is 1.19 bits per heavy atom. The van der Waals surface area contributed by atoms with Crippen molar-refractivity contribution >= 4 is 23.5 Å². The van der Waals surface area contributed by atoms with Crippen LogP contribution in [0.25, 0.3) is 0 Å². The molecule has 2 saturated heterocycles. The highest BCUT2D eigenvalue weighted by Crippen LogP contribution is 2.25. The lowest BCUT2D eigenvalue weighted by Crippen LogP contribution is -2.54. The maximum atomic E-state index is 6.01. The number of benzene rings is 1. The van der Waals surface area contributed by atoms with Crippen molar-refractivity contribution in [3.05, 3.63) is 34.9 Å². The Kier molecular flexibility index (Phi) is 5.28. The van der Waals surface area contributed by atoms with Crippen LogP contribution in [0.3, 0.4) is 0 Å². The summed E-state index contributed by atoms with van der Waals surface area (Å²) < 4.78 is 5.78. The number of halogens is 1. The third-order valence-electron chi connectivity index (χ3n) is 5.36. The van der Waals surface area contributed by atoms with Crippen LogP contribution >= 0.6 is 11.6 Å². The molecule has 0 unspecified atom stereocenters. The van der Waals surface area contributed by atoms with E-state index in [1.54, 1.807) is 0 Å². The molecule has 2 aromatic rings. The van der Waals surface area contributed by atoms with E-state index in [1.165, 1.54) is 5.56 Å². The van der Waals surface area contributed by atoms with Crippen LogP contribution < -0.4 is 10.6 Å². The predicted molar refractivity (Wildman–Crippen MR) is 102 cm³/mol. The topological polar surface area (TPSA) is 83.3 Å². The van der Waals surface area contributed by atoms with E-state index in [0.717, 1.165) is 57.1 Å². The second-order valence-corrected chi connectivity index (χ2v) is 7.47. The van der Waals surface area contributed by atoms with Gasteiger partial charge in [0.1, 0.15) is 0 Å². The molecular weight excluding hydrogens is 352 g/mol. The van der Waals surface area contributed by atoms with E-state index in [-0.39, 0.29) is 0 Å². The van der Waals surface area contributed by atoms with Crippen LogP contribution in [-0.2, 0) is 11.2 Å². The van der Waals surface area contributed by atoms with E-state index in [1.807, 2.05) is 12.1 Å². The van der Waals surface area contributed by atoms with Crippen LogP contribution in [0, 0.1) is 0 Å². The monoisotopic (exact) mass is 376 g/mol. The van der Waals surface area contributed by atoms with Crippen LogP contribution in [0.4, 0.5) is 11.9 Å². The minimum Gasteiger partial charge on any atom is -0.378 e. The van der Waals surface area contributed by atoms with Crippen molar-refractivity contribution in [2.75, 3.05) is 43.5 Å². The molecule has 3 heterocycles. The molecule has 0 saturated carbocycles. The minimum absolute atomic E-state index is 0.373. The molecular formula is C18H25ClN6O. The molecule has 8 heteroatoms. The van der Waals surface area contributed by atoms with Gasteiger partial charge < -0.3 is 15.4 Å². The first-order valence-electron chi connectivity index (χ1n) is 9.20. The van der Waals surface area contributed by atoms with Crippen LogP contribution in [0.1, 0.15) is 18.4 Å². The number of rotatable bonds is 4. The fraction of sp³-hybridized carbons (Fsp3) is 0.556. The van der Waals surface area contributed by atoms with Crippen molar-refractivity contribution in [1.29, 1.82) is 0 Å². The van der Waals surface area contributed by atoms with Gasteiger partial charge in [-0.3, -0.25) is 4.90 Å². The minimum atomic E-state index is 0.373. The van der Waals surface area contributed by atoms with Crippen molar-refractivity contribution in [2.24, 2.45) is 0 Å². The molecule has 2 aliphatic rings. The zero-order valence-electron chi connectivity index (χ0n) is 14.8. The summed E-state index contributed by atoms with van der Waals surface area (Å²) in [6.07, 6.45) is 3.20. The average Bonchev–Trinajstić information content (AvgIpc) is 3.11. The largest absolute Gasteiger partial charge is 0.378 e. The van der Waals surface area contributed by atoms with Gasteiger partial charge >= 0.3 is 0 Å². The zero-order valence-corrected chi connectivity index (χ0v) is 15.5. The fourth-order valence-electron chi connectivity index (χ4n) is 4.02.